The van der Waals surface area contributed by atoms with Crippen molar-refractivity contribution < 1.29 is 9.18 Å². The van der Waals surface area contributed by atoms with Crippen LogP contribution in [0.5, 0.6) is 0 Å². The van der Waals surface area contributed by atoms with Gasteiger partial charge in [-0.05, 0) is 44.6 Å². The zero-order chi connectivity index (χ0) is 13.2. The predicted molar refractivity (Wildman–Crippen MR) is 68.6 cm³/mol. The van der Waals surface area contributed by atoms with Crippen LogP contribution >= 0.6 is 0 Å². The molecule has 1 aromatic carbocycles. The lowest BCUT2D eigenvalue weighted by atomic mass is 10.0. The molecule has 0 heterocycles. The molecule has 98 valence electrons. The van der Waals surface area contributed by atoms with Crippen molar-refractivity contribution in [1.29, 1.82) is 0 Å². The number of hydrogen-bond donors (Lipinski definition) is 1. The molecule has 2 rings (SSSR count). The van der Waals surface area contributed by atoms with Gasteiger partial charge in [-0.25, -0.2) is 4.39 Å². The molecule has 0 atom stereocenters. The second kappa shape index (κ2) is 5.06. The van der Waals surface area contributed by atoms with E-state index in [-0.39, 0.29) is 17.3 Å². The van der Waals surface area contributed by atoms with Crippen LogP contribution in [0.3, 0.4) is 0 Å². The van der Waals surface area contributed by atoms with Gasteiger partial charge >= 0.3 is 0 Å². The standard InChI is InChI=1S/C14H19FN2O/c1-17(2)9-6-13(18)16-14(7-8-14)11-4-3-5-12(15)10-11/h3-5,10H,6-9H2,1-2H3,(H,16,18). The van der Waals surface area contributed by atoms with E-state index < -0.39 is 0 Å². The largest absolute Gasteiger partial charge is 0.347 e. The number of rotatable bonds is 5. The molecule has 1 aliphatic rings. The van der Waals surface area contributed by atoms with Gasteiger partial charge in [-0.3, -0.25) is 4.79 Å². The molecule has 18 heavy (non-hydrogen) atoms. The quantitative estimate of drug-likeness (QED) is 0.865. The van der Waals surface area contributed by atoms with Crippen LogP contribution < -0.4 is 5.32 Å². The second-order valence-corrected chi connectivity index (χ2v) is 5.19. The summed E-state index contributed by atoms with van der Waals surface area (Å²) in [4.78, 5) is 13.8. The fourth-order valence-electron chi connectivity index (χ4n) is 2.05. The van der Waals surface area contributed by atoms with Gasteiger partial charge in [0.25, 0.3) is 0 Å². The van der Waals surface area contributed by atoms with Gasteiger partial charge in [0.2, 0.25) is 5.91 Å². The van der Waals surface area contributed by atoms with Crippen LogP contribution in [-0.2, 0) is 10.3 Å². The minimum atomic E-state index is -0.314. The number of halogens is 1. The average molecular weight is 250 g/mol. The highest BCUT2D eigenvalue weighted by atomic mass is 19.1. The van der Waals surface area contributed by atoms with E-state index in [1.807, 2.05) is 25.1 Å². The summed E-state index contributed by atoms with van der Waals surface area (Å²) >= 11 is 0. The first-order valence-electron chi connectivity index (χ1n) is 6.24. The van der Waals surface area contributed by atoms with Crippen molar-refractivity contribution in [1.82, 2.24) is 10.2 Å². The molecule has 0 radical (unpaired) electrons. The third-order valence-corrected chi connectivity index (χ3v) is 3.29. The molecule has 4 heteroatoms. The van der Waals surface area contributed by atoms with Crippen molar-refractivity contribution in [2.75, 3.05) is 20.6 Å². The van der Waals surface area contributed by atoms with Crippen LogP contribution in [0.4, 0.5) is 4.39 Å². The fraction of sp³-hybridized carbons (Fsp3) is 0.500. The lowest BCUT2D eigenvalue weighted by Gasteiger charge is -2.19. The van der Waals surface area contributed by atoms with Gasteiger partial charge in [0.1, 0.15) is 5.82 Å². The number of nitrogens with one attached hydrogen (secondary N) is 1. The molecule has 1 amide bonds. The number of amides is 1. The number of benzene rings is 1. The van der Waals surface area contributed by atoms with Crippen molar-refractivity contribution in [3.8, 4) is 0 Å². The summed E-state index contributed by atoms with van der Waals surface area (Å²) in [7, 11) is 3.87. The number of hydrogen-bond acceptors (Lipinski definition) is 2. The van der Waals surface area contributed by atoms with E-state index in [0.717, 1.165) is 24.9 Å². The van der Waals surface area contributed by atoms with Gasteiger partial charge < -0.3 is 10.2 Å². The molecule has 0 unspecified atom stereocenters. The Labute approximate surface area is 107 Å². The Morgan fingerprint density at radius 2 is 2.17 bits per heavy atom. The lowest BCUT2D eigenvalue weighted by Crippen LogP contribution is -2.36. The SMILES string of the molecule is CN(C)CCC(=O)NC1(c2cccc(F)c2)CC1. The van der Waals surface area contributed by atoms with Gasteiger partial charge in [-0.2, -0.15) is 0 Å². The maximum absolute atomic E-state index is 13.2. The van der Waals surface area contributed by atoms with Crippen molar-refractivity contribution in [3.63, 3.8) is 0 Å². The first kappa shape index (κ1) is 13.0. The van der Waals surface area contributed by atoms with Gasteiger partial charge in [-0.1, -0.05) is 12.1 Å². The molecule has 1 fully saturated rings. The van der Waals surface area contributed by atoms with Gasteiger partial charge in [0, 0.05) is 13.0 Å². The summed E-state index contributed by atoms with van der Waals surface area (Å²) in [6.45, 7) is 0.727. The topological polar surface area (TPSA) is 32.3 Å². The summed E-state index contributed by atoms with van der Waals surface area (Å²) in [6.07, 6.45) is 2.26. The van der Waals surface area contributed by atoms with Gasteiger partial charge in [0.05, 0.1) is 5.54 Å². The zero-order valence-corrected chi connectivity index (χ0v) is 10.9. The third kappa shape index (κ3) is 3.07. The van der Waals surface area contributed by atoms with Crippen LogP contribution in [-0.4, -0.2) is 31.4 Å². The Kier molecular flexibility index (Phi) is 3.66. The van der Waals surface area contributed by atoms with E-state index in [4.69, 9.17) is 0 Å². The third-order valence-electron chi connectivity index (χ3n) is 3.29. The maximum atomic E-state index is 13.2. The molecule has 3 nitrogen and oxygen atoms in total. The zero-order valence-electron chi connectivity index (χ0n) is 10.9. The van der Waals surface area contributed by atoms with Crippen LogP contribution in [0.2, 0.25) is 0 Å². The molecule has 0 spiro atoms. The Morgan fingerprint density at radius 3 is 2.72 bits per heavy atom. The van der Waals surface area contributed by atoms with E-state index >= 15 is 0 Å². The van der Waals surface area contributed by atoms with E-state index in [1.165, 1.54) is 12.1 Å². The number of nitrogens with zero attached hydrogens (tertiary/aromatic N) is 1. The van der Waals surface area contributed by atoms with Gasteiger partial charge in [0.15, 0.2) is 0 Å². The summed E-state index contributed by atoms with van der Waals surface area (Å²) in [6, 6.07) is 6.51. The maximum Gasteiger partial charge on any atom is 0.221 e. The van der Waals surface area contributed by atoms with Gasteiger partial charge in [-0.15, -0.1) is 0 Å². The first-order valence-corrected chi connectivity index (χ1v) is 6.24. The van der Waals surface area contributed by atoms with E-state index in [9.17, 15) is 9.18 Å². The highest BCUT2D eigenvalue weighted by molar-refractivity contribution is 5.77. The highest BCUT2D eigenvalue weighted by Gasteiger charge is 2.45. The Hall–Kier alpha value is -1.42. The van der Waals surface area contributed by atoms with Crippen LogP contribution in [0.1, 0.15) is 24.8 Å². The van der Waals surface area contributed by atoms with E-state index in [0.29, 0.717) is 6.42 Å². The second-order valence-electron chi connectivity index (χ2n) is 5.19. The predicted octanol–water partition coefficient (Wildman–Crippen LogP) is 1.88. The minimum absolute atomic E-state index is 0.0328. The highest BCUT2D eigenvalue weighted by Crippen LogP contribution is 2.45. The molecule has 1 aromatic rings. The number of carbonyl (C=O) groups excluding carboxylic acids is 1. The normalized spacial score (nSPS) is 16.7. The molecule has 1 saturated carbocycles. The fourth-order valence-corrected chi connectivity index (χ4v) is 2.05. The molecule has 0 bridgehead atoms. The Balaban J connectivity index is 1.98. The molecular formula is C14H19FN2O. The van der Waals surface area contributed by atoms with Crippen molar-refractivity contribution in [3.05, 3.63) is 35.6 Å². The van der Waals surface area contributed by atoms with Crippen molar-refractivity contribution in [2.24, 2.45) is 0 Å². The van der Waals surface area contributed by atoms with Crippen molar-refractivity contribution in [2.45, 2.75) is 24.8 Å². The van der Waals surface area contributed by atoms with Crippen LogP contribution in [0.15, 0.2) is 24.3 Å². The van der Waals surface area contributed by atoms with Crippen molar-refractivity contribution >= 4 is 5.91 Å². The Morgan fingerprint density at radius 1 is 1.44 bits per heavy atom. The minimum Gasteiger partial charge on any atom is -0.347 e. The average Bonchev–Trinajstić information content (AvgIpc) is 3.07. The molecule has 0 saturated heterocycles. The molecule has 1 N–H and O–H groups in total. The molecule has 0 aromatic heterocycles. The summed E-state index contributed by atoms with van der Waals surface area (Å²) in [5, 5.41) is 3.03. The van der Waals surface area contributed by atoms with E-state index in [2.05, 4.69) is 5.32 Å². The Bertz CT molecular complexity index is 441. The first-order chi connectivity index (χ1) is 8.52. The monoisotopic (exact) mass is 250 g/mol. The van der Waals surface area contributed by atoms with Crippen LogP contribution in [0, 0.1) is 5.82 Å². The molecule has 1 aliphatic carbocycles. The number of carbonyl (C=O) groups is 1. The summed E-state index contributed by atoms with van der Waals surface area (Å²) in [5.74, 6) is -0.216. The summed E-state index contributed by atoms with van der Waals surface area (Å²) in [5.41, 5.74) is 0.562. The van der Waals surface area contributed by atoms with E-state index in [1.54, 1.807) is 6.07 Å². The van der Waals surface area contributed by atoms with Crippen LogP contribution in [0.25, 0.3) is 0 Å². The smallest absolute Gasteiger partial charge is 0.221 e. The molecule has 0 aliphatic heterocycles. The summed E-state index contributed by atoms with van der Waals surface area (Å²) < 4.78 is 13.2. The lowest BCUT2D eigenvalue weighted by molar-refractivity contribution is -0.122. The molecular weight excluding hydrogens is 231 g/mol.